The van der Waals surface area contributed by atoms with E-state index < -0.39 is 15.9 Å². The molecular weight excluding hydrogens is 348 g/mol. The molecule has 0 bridgehead atoms. The lowest BCUT2D eigenvalue weighted by Crippen LogP contribution is -2.42. The van der Waals surface area contributed by atoms with Crippen LogP contribution < -0.4 is 11.1 Å². The van der Waals surface area contributed by atoms with E-state index in [2.05, 4.69) is 5.32 Å². The maximum atomic E-state index is 12.1. The zero-order valence-corrected chi connectivity index (χ0v) is 15.4. The third kappa shape index (κ3) is 5.47. The van der Waals surface area contributed by atoms with E-state index in [1.807, 2.05) is 49.4 Å². The number of halogens is 1. The highest BCUT2D eigenvalue weighted by Gasteiger charge is 2.19. The predicted octanol–water partition coefficient (Wildman–Crippen LogP) is 2.20. The molecule has 2 aromatic carbocycles. The van der Waals surface area contributed by atoms with Crippen LogP contribution >= 0.6 is 12.4 Å². The van der Waals surface area contributed by atoms with E-state index in [9.17, 15) is 13.2 Å². The summed E-state index contributed by atoms with van der Waals surface area (Å²) in [5.74, 6) is -0.432. The largest absolute Gasteiger partial charge is 0.348 e. The summed E-state index contributed by atoms with van der Waals surface area (Å²) in [6.45, 7) is 1.89. The van der Waals surface area contributed by atoms with Crippen LogP contribution in [0.3, 0.4) is 0 Å². The summed E-state index contributed by atoms with van der Waals surface area (Å²) >= 11 is 0. The number of amides is 1. The molecule has 24 heavy (non-hydrogen) atoms. The summed E-state index contributed by atoms with van der Waals surface area (Å²) in [6.07, 6.45) is 1.25. The standard InChI is InChI=1S/C17H22N2O3S.ClH/c1-12(19-17(20)16(18)10-11-23(2,21)22)14-9-5-7-13-6-3-4-8-15(13)14;/h3-9,12,16H,10-11,18H2,1-2H3,(H,19,20);1H. The Hall–Kier alpha value is -1.63. The first-order valence-electron chi connectivity index (χ1n) is 7.49. The molecule has 3 N–H and O–H groups in total. The maximum absolute atomic E-state index is 12.1. The van der Waals surface area contributed by atoms with Gasteiger partial charge < -0.3 is 11.1 Å². The minimum absolute atomic E-state index is 0. The Balaban J connectivity index is 0.00000288. The van der Waals surface area contributed by atoms with Crippen LogP contribution in [-0.2, 0) is 14.6 Å². The second kappa shape index (κ2) is 8.46. The zero-order valence-electron chi connectivity index (χ0n) is 13.7. The van der Waals surface area contributed by atoms with Crippen LogP contribution in [0.15, 0.2) is 42.5 Å². The van der Waals surface area contributed by atoms with Crippen LogP contribution in [0.5, 0.6) is 0 Å². The highest BCUT2D eigenvalue weighted by molar-refractivity contribution is 7.90. The number of nitrogens with two attached hydrogens (primary N) is 1. The number of rotatable bonds is 6. The van der Waals surface area contributed by atoms with Gasteiger partial charge >= 0.3 is 0 Å². The van der Waals surface area contributed by atoms with E-state index in [-0.39, 0.29) is 36.5 Å². The van der Waals surface area contributed by atoms with E-state index in [0.29, 0.717) is 0 Å². The van der Waals surface area contributed by atoms with Crippen LogP contribution in [0.4, 0.5) is 0 Å². The fraction of sp³-hybridized carbons (Fsp3) is 0.353. The Morgan fingerprint density at radius 1 is 1.17 bits per heavy atom. The normalized spacial score (nSPS) is 13.8. The Kier molecular flexibility index (Phi) is 7.20. The number of sulfone groups is 1. The number of hydrogen-bond donors (Lipinski definition) is 2. The van der Waals surface area contributed by atoms with Gasteiger partial charge in [-0.05, 0) is 29.7 Å². The lowest BCUT2D eigenvalue weighted by molar-refractivity contribution is -0.123. The van der Waals surface area contributed by atoms with Crippen LogP contribution in [0.1, 0.15) is 24.9 Å². The molecule has 2 aromatic rings. The van der Waals surface area contributed by atoms with Gasteiger partial charge in [0, 0.05) is 6.26 Å². The molecule has 0 heterocycles. The monoisotopic (exact) mass is 370 g/mol. The first-order valence-corrected chi connectivity index (χ1v) is 9.55. The van der Waals surface area contributed by atoms with E-state index >= 15 is 0 Å². The number of carbonyl (C=O) groups is 1. The number of benzene rings is 2. The molecule has 5 nitrogen and oxygen atoms in total. The van der Waals surface area contributed by atoms with Crippen molar-refractivity contribution in [2.24, 2.45) is 5.73 Å². The highest BCUT2D eigenvalue weighted by Crippen LogP contribution is 2.24. The van der Waals surface area contributed by atoms with Crippen molar-refractivity contribution in [2.75, 3.05) is 12.0 Å². The molecule has 0 radical (unpaired) electrons. The molecule has 0 saturated carbocycles. The molecule has 2 atom stereocenters. The van der Waals surface area contributed by atoms with E-state index in [1.54, 1.807) is 0 Å². The lowest BCUT2D eigenvalue weighted by Gasteiger charge is -2.19. The second-order valence-electron chi connectivity index (χ2n) is 5.82. The number of nitrogens with one attached hydrogen (secondary N) is 1. The molecule has 1 amide bonds. The molecule has 0 spiro atoms. The third-order valence-corrected chi connectivity index (χ3v) is 4.76. The van der Waals surface area contributed by atoms with Crippen molar-refractivity contribution in [3.05, 3.63) is 48.0 Å². The summed E-state index contributed by atoms with van der Waals surface area (Å²) in [4.78, 5) is 12.1. The molecule has 7 heteroatoms. The summed E-state index contributed by atoms with van der Waals surface area (Å²) < 4.78 is 22.3. The molecule has 0 aliphatic heterocycles. The van der Waals surface area contributed by atoms with Crippen molar-refractivity contribution in [1.82, 2.24) is 5.32 Å². The molecule has 0 saturated heterocycles. The van der Waals surface area contributed by atoms with Gasteiger partial charge in [0.2, 0.25) is 5.91 Å². The van der Waals surface area contributed by atoms with Gasteiger partial charge in [-0.1, -0.05) is 42.5 Å². The summed E-state index contributed by atoms with van der Waals surface area (Å²) in [6, 6.07) is 12.8. The fourth-order valence-corrected chi connectivity index (χ4v) is 3.18. The third-order valence-electron chi connectivity index (χ3n) is 3.79. The Bertz CT molecular complexity index is 803. The summed E-state index contributed by atoms with van der Waals surface area (Å²) in [7, 11) is -3.12. The number of carbonyl (C=O) groups excluding carboxylic acids is 1. The molecule has 0 aliphatic carbocycles. The van der Waals surface area contributed by atoms with Crippen molar-refractivity contribution in [3.8, 4) is 0 Å². The average Bonchev–Trinajstić information content (AvgIpc) is 2.51. The average molecular weight is 371 g/mol. The number of hydrogen-bond acceptors (Lipinski definition) is 4. The van der Waals surface area contributed by atoms with Gasteiger partial charge in [0.05, 0.1) is 17.8 Å². The van der Waals surface area contributed by atoms with E-state index in [0.717, 1.165) is 22.6 Å². The summed E-state index contributed by atoms with van der Waals surface area (Å²) in [5, 5.41) is 5.05. The summed E-state index contributed by atoms with van der Waals surface area (Å²) in [5.41, 5.74) is 6.79. The van der Waals surface area contributed by atoms with Gasteiger partial charge in [-0.15, -0.1) is 12.4 Å². The van der Waals surface area contributed by atoms with Gasteiger partial charge in [0.25, 0.3) is 0 Å². The minimum atomic E-state index is -3.12. The molecule has 132 valence electrons. The van der Waals surface area contributed by atoms with Gasteiger partial charge in [-0.2, -0.15) is 0 Å². The molecular formula is C17H23ClN2O3S. The smallest absolute Gasteiger partial charge is 0.237 e. The predicted molar refractivity (Wildman–Crippen MR) is 100 cm³/mol. The van der Waals surface area contributed by atoms with Crippen molar-refractivity contribution in [2.45, 2.75) is 25.4 Å². The second-order valence-corrected chi connectivity index (χ2v) is 8.08. The molecule has 0 fully saturated rings. The van der Waals surface area contributed by atoms with Crippen LogP contribution in [-0.4, -0.2) is 32.4 Å². The molecule has 0 aromatic heterocycles. The SMILES string of the molecule is CC(NC(=O)C(N)CCS(C)(=O)=O)c1cccc2ccccc12.Cl. The molecule has 2 rings (SSSR count). The quantitative estimate of drug-likeness (QED) is 0.815. The van der Waals surface area contributed by atoms with Gasteiger partial charge in [-0.3, -0.25) is 4.79 Å². The van der Waals surface area contributed by atoms with Crippen molar-refractivity contribution in [1.29, 1.82) is 0 Å². The van der Waals surface area contributed by atoms with Gasteiger partial charge in [0.15, 0.2) is 0 Å². The Labute approximate surface area is 148 Å². The van der Waals surface area contributed by atoms with E-state index in [4.69, 9.17) is 5.73 Å². The van der Waals surface area contributed by atoms with Crippen molar-refractivity contribution >= 4 is 38.9 Å². The minimum Gasteiger partial charge on any atom is -0.348 e. The zero-order chi connectivity index (χ0) is 17.0. The van der Waals surface area contributed by atoms with Crippen molar-refractivity contribution in [3.63, 3.8) is 0 Å². The Morgan fingerprint density at radius 2 is 1.79 bits per heavy atom. The topological polar surface area (TPSA) is 89.3 Å². The highest BCUT2D eigenvalue weighted by atomic mass is 35.5. The maximum Gasteiger partial charge on any atom is 0.237 e. The molecule has 2 unspecified atom stereocenters. The Morgan fingerprint density at radius 3 is 2.46 bits per heavy atom. The van der Waals surface area contributed by atoms with Crippen LogP contribution in [0, 0.1) is 0 Å². The first-order chi connectivity index (χ1) is 10.8. The van der Waals surface area contributed by atoms with Crippen LogP contribution in [0.25, 0.3) is 10.8 Å². The number of fused-ring (bicyclic) bond motifs is 1. The fourth-order valence-electron chi connectivity index (χ4n) is 2.50. The molecule has 0 aliphatic rings. The van der Waals surface area contributed by atoms with Crippen molar-refractivity contribution < 1.29 is 13.2 Å². The lowest BCUT2D eigenvalue weighted by atomic mass is 9.99. The van der Waals surface area contributed by atoms with Gasteiger partial charge in [0.1, 0.15) is 9.84 Å². The van der Waals surface area contributed by atoms with Crippen LogP contribution in [0.2, 0.25) is 0 Å². The van der Waals surface area contributed by atoms with E-state index in [1.165, 1.54) is 0 Å². The first kappa shape index (κ1) is 20.4. The van der Waals surface area contributed by atoms with Gasteiger partial charge in [-0.25, -0.2) is 8.42 Å².